The lowest BCUT2D eigenvalue weighted by atomic mass is 10.3. The van der Waals surface area contributed by atoms with E-state index in [1.54, 1.807) is 6.20 Å². The minimum Gasteiger partial charge on any atom is -0.490 e. The summed E-state index contributed by atoms with van der Waals surface area (Å²) in [6, 6.07) is 11.3. The van der Waals surface area contributed by atoms with Crippen molar-refractivity contribution in [3.63, 3.8) is 0 Å². The third-order valence-electron chi connectivity index (χ3n) is 3.16. The molecule has 0 spiro atoms. The molecule has 6 heteroatoms. The molecule has 1 aromatic carbocycles. The molecule has 6 nitrogen and oxygen atoms in total. The van der Waals surface area contributed by atoms with Gasteiger partial charge >= 0.3 is 0 Å². The van der Waals surface area contributed by atoms with Crippen LogP contribution in [0.3, 0.4) is 0 Å². The maximum absolute atomic E-state index is 5.90. The van der Waals surface area contributed by atoms with Crippen molar-refractivity contribution in [1.82, 2.24) is 4.98 Å². The van der Waals surface area contributed by atoms with Crippen LogP contribution in [0.4, 0.5) is 5.69 Å². The largest absolute Gasteiger partial charge is 0.490 e. The number of nitrogens with two attached hydrogens (primary N) is 1. The van der Waals surface area contributed by atoms with Crippen molar-refractivity contribution in [2.75, 3.05) is 18.5 Å². The van der Waals surface area contributed by atoms with Crippen LogP contribution in [0, 0.1) is 0 Å². The van der Waals surface area contributed by atoms with E-state index in [-0.39, 0.29) is 0 Å². The Labute approximate surface area is 129 Å². The monoisotopic (exact) mass is 298 g/mol. The first-order valence-electron chi connectivity index (χ1n) is 7.18. The van der Waals surface area contributed by atoms with Gasteiger partial charge in [-0.15, -0.1) is 0 Å². The number of ether oxygens (including phenoxy) is 2. The van der Waals surface area contributed by atoms with Gasteiger partial charge in [0.1, 0.15) is 0 Å². The number of pyridine rings is 1. The molecule has 0 aliphatic carbocycles. The van der Waals surface area contributed by atoms with E-state index in [0.717, 1.165) is 29.3 Å². The van der Waals surface area contributed by atoms with Crippen molar-refractivity contribution in [3.05, 3.63) is 48.3 Å². The third-order valence-corrected chi connectivity index (χ3v) is 3.16. The number of hydrogen-bond acceptors (Lipinski definition) is 4. The number of aliphatic imine (C=N–C) groups is 1. The third kappa shape index (κ3) is 3.66. The van der Waals surface area contributed by atoms with E-state index in [1.807, 2.05) is 36.4 Å². The summed E-state index contributed by atoms with van der Waals surface area (Å²) in [6.07, 6.45) is 2.61. The summed E-state index contributed by atoms with van der Waals surface area (Å²) in [5, 5.41) is 3.05. The van der Waals surface area contributed by atoms with Crippen molar-refractivity contribution < 1.29 is 9.47 Å². The minimum atomic E-state index is 0.333. The van der Waals surface area contributed by atoms with Crippen molar-refractivity contribution in [3.8, 4) is 11.5 Å². The predicted octanol–water partition coefficient (Wildman–Crippen LogP) is 2.17. The lowest BCUT2D eigenvalue weighted by Gasteiger charge is -2.10. The first kappa shape index (κ1) is 14.2. The van der Waals surface area contributed by atoms with E-state index in [4.69, 9.17) is 15.2 Å². The molecule has 0 fully saturated rings. The maximum atomic E-state index is 5.90. The zero-order chi connectivity index (χ0) is 15.2. The Morgan fingerprint density at radius 1 is 1.18 bits per heavy atom. The van der Waals surface area contributed by atoms with Gasteiger partial charge in [0.2, 0.25) is 0 Å². The molecule has 3 N–H and O–H groups in total. The molecule has 0 amide bonds. The molecular weight excluding hydrogens is 280 g/mol. The SMILES string of the molecule is NC(=NCc1ccccn1)Nc1ccc2c(c1)OCCCO2. The first-order chi connectivity index (χ1) is 10.8. The van der Waals surface area contributed by atoms with Crippen molar-refractivity contribution in [2.45, 2.75) is 13.0 Å². The summed E-state index contributed by atoms with van der Waals surface area (Å²) in [6.45, 7) is 1.76. The predicted molar refractivity (Wildman–Crippen MR) is 85.2 cm³/mol. The average molecular weight is 298 g/mol. The standard InChI is InChI=1S/C16H18N4O2/c17-16(19-11-13-4-1-2-7-18-13)20-12-5-6-14-15(10-12)22-9-3-8-21-14/h1-2,4-7,10H,3,8-9,11H2,(H3,17,19,20). The lowest BCUT2D eigenvalue weighted by molar-refractivity contribution is 0.297. The molecule has 0 radical (unpaired) electrons. The molecule has 3 rings (SSSR count). The van der Waals surface area contributed by atoms with E-state index in [0.29, 0.717) is 25.7 Å². The number of anilines is 1. The van der Waals surface area contributed by atoms with Crippen LogP contribution in [0.2, 0.25) is 0 Å². The summed E-state index contributed by atoms with van der Waals surface area (Å²) >= 11 is 0. The molecule has 22 heavy (non-hydrogen) atoms. The van der Waals surface area contributed by atoms with Crippen LogP contribution < -0.4 is 20.5 Å². The lowest BCUT2D eigenvalue weighted by Crippen LogP contribution is -2.22. The van der Waals surface area contributed by atoms with Crippen molar-refractivity contribution in [2.24, 2.45) is 10.7 Å². The van der Waals surface area contributed by atoms with E-state index >= 15 is 0 Å². The number of nitrogens with zero attached hydrogens (tertiary/aromatic N) is 2. The molecule has 0 atom stereocenters. The highest BCUT2D eigenvalue weighted by Crippen LogP contribution is 2.32. The van der Waals surface area contributed by atoms with Gasteiger partial charge in [-0.2, -0.15) is 0 Å². The number of benzene rings is 1. The van der Waals surface area contributed by atoms with E-state index in [2.05, 4.69) is 15.3 Å². The average Bonchev–Trinajstić information content (AvgIpc) is 2.79. The van der Waals surface area contributed by atoms with Crippen LogP contribution in [0.25, 0.3) is 0 Å². The number of rotatable bonds is 3. The molecule has 2 aromatic rings. The molecule has 1 aliphatic rings. The highest BCUT2D eigenvalue weighted by atomic mass is 16.5. The second-order valence-corrected chi connectivity index (χ2v) is 4.86. The highest BCUT2D eigenvalue weighted by Gasteiger charge is 2.10. The van der Waals surface area contributed by atoms with Gasteiger partial charge < -0.3 is 20.5 Å². The van der Waals surface area contributed by atoms with Crippen LogP contribution in [0.1, 0.15) is 12.1 Å². The van der Waals surface area contributed by atoms with Crippen LogP contribution in [0.5, 0.6) is 11.5 Å². The van der Waals surface area contributed by atoms with E-state index < -0.39 is 0 Å². The smallest absolute Gasteiger partial charge is 0.193 e. The molecule has 2 heterocycles. The second kappa shape index (κ2) is 6.80. The van der Waals surface area contributed by atoms with Gasteiger partial charge in [0.25, 0.3) is 0 Å². The normalized spacial score (nSPS) is 14.3. The first-order valence-corrected chi connectivity index (χ1v) is 7.18. The number of fused-ring (bicyclic) bond motifs is 1. The van der Waals surface area contributed by atoms with E-state index in [9.17, 15) is 0 Å². The molecule has 114 valence electrons. The highest BCUT2D eigenvalue weighted by molar-refractivity contribution is 5.92. The summed E-state index contributed by atoms with van der Waals surface area (Å²) in [5.41, 5.74) is 7.58. The summed E-state index contributed by atoms with van der Waals surface area (Å²) in [5.74, 6) is 1.81. The molecule has 1 aromatic heterocycles. The van der Waals surface area contributed by atoms with Crippen LogP contribution >= 0.6 is 0 Å². The Kier molecular flexibility index (Phi) is 4.38. The number of guanidine groups is 1. The molecule has 0 saturated heterocycles. The quantitative estimate of drug-likeness (QED) is 0.670. The zero-order valence-corrected chi connectivity index (χ0v) is 12.2. The van der Waals surface area contributed by atoms with E-state index in [1.165, 1.54) is 0 Å². The van der Waals surface area contributed by atoms with Crippen LogP contribution in [-0.2, 0) is 6.54 Å². The van der Waals surface area contributed by atoms with Gasteiger partial charge in [-0.1, -0.05) is 6.07 Å². The Balaban J connectivity index is 1.66. The maximum Gasteiger partial charge on any atom is 0.193 e. The molecule has 1 aliphatic heterocycles. The van der Waals surface area contributed by atoms with Crippen molar-refractivity contribution in [1.29, 1.82) is 0 Å². The summed E-state index contributed by atoms with van der Waals surface area (Å²) < 4.78 is 11.2. The Bertz CT molecular complexity index is 658. The molecule has 0 unspecified atom stereocenters. The number of hydrogen-bond donors (Lipinski definition) is 2. The van der Waals surface area contributed by atoms with Crippen LogP contribution in [0.15, 0.2) is 47.6 Å². The van der Waals surface area contributed by atoms with Crippen LogP contribution in [-0.4, -0.2) is 24.2 Å². The van der Waals surface area contributed by atoms with Gasteiger partial charge in [0.15, 0.2) is 17.5 Å². The molecular formula is C16H18N4O2. The Hall–Kier alpha value is -2.76. The molecule has 0 saturated carbocycles. The van der Waals surface area contributed by atoms with Crippen molar-refractivity contribution >= 4 is 11.6 Å². The fourth-order valence-electron chi connectivity index (χ4n) is 2.09. The number of nitrogens with one attached hydrogen (secondary N) is 1. The van der Waals surface area contributed by atoms with Gasteiger partial charge in [0.05, 0.1) is 25.5 Å². The zero-order valence-electron chi connectivity index (χ0n) is 12.2. The Morgan fingerprint density at radius 2 is 2.05 bits per heavy atom. The van der Waals surface area contributed by atoms with Gasteiger partial charge in [0, 0.05) is 24.4 Å². The second-order valence-electron chi connectivity index (χ2n) is 4.86. The fourth-order valence-corrected chi connectivity index (χ4v) is 2.09. The van der Waals surface area contributed by atoms with Gasteiger partial charge in [-0.05, 0) is 24.3 Å². The van der Waals surface area contributed by atoms with Gasteiger partial charge in [-0.25, -0.2) is 4.99 Å². The topological polar surface area (TPSA) is 81.8 Å². The minimum absolute atomic E-state index is 0.333. The fraction of sp³-hybridized carbons (Fsp3) is 0.250. The molecule has 0 bridgehead atoms. The van der Waals surface area contributed by atoms with Gasteiger partial charge in [-0.3, -0.25) is 4.98 Å². The summed E-state index contributed by atoms with van der Waals surface area (Å²) in [7, 11) is 0. The number of aromatic nitrogens is 1. The Morgan fingerprint density at radius 3 is 2.86 bits per heavy atom. The summed E-state index contributed by atoms with van der Waals surface area (Å²) in [4.78, 5) is 8.47.